The lowest BCUT2D eigenvalue weighted by Crippen LogP contribution is -2.13. The number of aromatic amines is 1. The average Bonchev–Trinajstić information content (AvgIpc) is 2.64. The van der Waals surface area contributed by atoms with Gasteiger partial charge in [-0.05, 0) is 25.5 Å². The molecular weight excluding hydrogens is 206 g/mol. The molecule has 6 heteroatoms. The maximum atomic E-state index is 11.7. The Kier molecular flexibility index (Phi) is 2.63. The Morgan fingerprint density at radius 1 is 1.38 bits per heavy atom. The van der Waals surface area contributed by atoms with Crippen molar-refractivity contribution in [3.05, 3.63) is 35.4 Å². The number of pyridine rings is 1. The molecule has 2 aromatic rings. The average molecular weight is 217 g/mol. The minimum atomic E-state index is -0.268. The highest BCUT2D eigenvalue weighted by atomic mass is 16.1. The third-order valence-electron chi connectivity index (χ3n) is 1.96. The van der Waals surface area contributed by atoms with Crippen LogP contribution in [0.5, 0.6) is 0 Å². The molecule has 0 fully saturated rings. The molecule has 0 aromatic carbocycles. The first kappa shape index (κ1) is 10.3. The molecule has 0 saturated heterocycles. The van der Waals surface area contributed by atoms with Crippen LogP contribution in [0, 0.1) is 13.8 Å². The van der Waals surface area contributed by atoms with Crippen molar-refractivity contribution in [1.29, 1.82) is 0 Å². The van der Waals surface area contributed by atoms with Gasteiger partial charge in [-0.1, -0.05) is 0 Å². The van der Waals surface area contributed by atoms with Crippen LogP contribution in [0.2, 0.25) is 0 Å². The first-order valence-electron chi connectivity index (χ1n) is 4.77. The number of aromatic nitrogens is 4. The van der Waals surface area contributed by atoms with Gasteiger partial charge in [-0.15, -0.1) is 5.10 Å². The summed E-state index contributed by atoms with van der Waals surface area (Å²) in [6, 6.07) is 1.75. The Balaban J connectivity index is 2.14. The molecule has 2 aromatic heterocycles. The molecule has 1 amide bonds. The highest BCUT2D eigenvalue weighted by Crippen LogP contribution is 2.04. The van der Waals surface area contributed by atoms with E-state index in [4.69, 9.17) is 0 Å². The normalized spacial score (nSPS) is 10.1. The Bertz CT molecular complexity index is 519. The van der Waals surface area contributed by atoms with Crippen LogP contribution in [0.4, 0.5) is 5.95 Å². The lowest BCUT2D eigenvalue weighted by Gasteiger charge is -2.00. The number of nitrogens with one attached hydrogen (secondary N) is 2. The smallest absolute Gasteiger partial charge is 0.259 e. The van der Waals surface area contributed by atoms with Gasteiger partial charge in [0.2, 0.25) is 5.95 Å². The van der Waals surface area contributed by atoms with Gasteiger partial charge in [0.1, 0.15) is 5.82 Å². The molecule has 0 saturated carbocycles. The summed E-state index contributed by atoms with van der Waals surface area (Å²) in [5.74, 6) is 0.650. The SMILES string of the molecule is Cc1cncc(C(=O)Nc2n[nH]c(C)n2)c1. The third-order valence-corrected chi connectivity index (χ3v) is 1.96. The molecule has 0 aliphatic carbocycles. The largest absolute Gasteiger partial charge is 0.289 e. The summed E-state index contributed by atoms with van der Waals surface area (Å²) in [5.41, 5.74) is 1.42. The standard InChI is InChI=1S/C10H11N5O/c1-6-3-8(5-11-4-6)9(16)13-10-12-7(2)14-15-10/h3-5H,1-2H3,(H2,12,13,14,15,16). The number of anilines is 1. The van der Waals surface area contributed by atoms with Crippen LogP contribution in [0.15, 0.2) is 18.5 Å². The van der Waals surface area contributed by atoms with E-state index in [9.17, 15) is 4.79 Å². The van der Waals surface area contributed by atoms with Gasteiger partial charge in [0.05, 0.1) is 5.56 Å². The van der Waals surface area contributed by atoms with Crippen LogP contribution in [-0.4, -0.2) is 26.1 Å². The molecule has 0 atom stereocenters. The van der Waals surface area contributed by atoms with Crippen molar-refractivity contribution in [2.75, 3.05) is 5.32 Å². The van der Waals surface area contributed by atoms with Crippen LogP contribution < -0.4 is 5.32 Å². The quantitative estimate of drug-likeness (QED) is 0.788. The van der Waals surface area contributed by atoms with Crippen molar-refractivity contribution >= 4 is 11.9 Å². The van der Waals surface area contributed by atoms with E-state index in [1.807, 2.05) is 6.92 Å². The van der Waals surface area contributed by atoms with E-state index in [1.165, 1.54) is 6.20 Å². The van der Waals surface area contributed by atoms with E-state index in [-0.39, 0.29) is 11.9 Å². The monoisotopic (exact) mass is 217 g/mol. The number of rotatable bonds is 2. The zero-order valence-corrected chi connectivity index (χ0v) is 8.98. The van der Waals surface area contributed by atoms with E-state index < -0.39 is 0 Å². The summed E-state index contributed by atoms with van der Waals surface area (Å²) in [4.78, 5) is 19.7. The van der Waals surface area contributed by atoms with Crippen molar-refractivity contribution in [3.8, 4) is 0 Å². The van der Waals surface area contributed by atoms with E-state index in [2.05, 4.69) is 25.5 Å². The first-order chi connectivity index (χ1) is 7.65. The molecule has 0 bridgehead atoms. The molecule has 82 valence electrons. The molecular formula is C10H11N5O. The van der Waals surface area contributed by atoms with E-state index >= 15 is 0 Å². The fourth-order valence-electron chi connectivity index (χ4n) is 1.25. The molecule has 16 heavy (non-hydrogen) atoms. The van der Waals surface area contributed by atoms with E-state index in [1.54, 1.807) is 19.2 Å². The second-order valence-corrected chi connectivity index (χ2v) is 3.45. The Morgan fingerprint density at radius 3 is 2.81 bits per heavy atom. The zero-order chi connectivity index (χ0) is 11.5. The molecule has 0 unspecified atom stereocenters. The van der Waals surface area contributed by atoms with Gasteiger partial charge in [0.15, 0.2) is 0 Å². The Labute approximate surface area is 92.1 Å². The third kappa shape index (κ3) is 2.22. The summed E-state index contributed by atoms with van der Waals surface area (Å²) in [6.45, 7) is 3.64. The number of aryl methyl sites for hydroxylation is 2. The lowest BCUT2D eigenvalue weighted by molar-refractivity contribution is 0.102. The van der Waals surface area contributed by atoms with Gasteiger partial charge in [-0.25, -0.2) is 0 Å². The summed E-state index contributed by atoms with van der Waals surface area (Å²) in [7, 11) is 0. The van der Waals surface area contributed by atoms with Gasteiger partial charge in [0.25, 0.3) is 5.91 Å². The fraction of sp³-hybridized carbons (Fsp3) is 0.200. The second-order valence-electron chi connectivity index (χ2n) is 3.45. The predicted octanol–water partition coefficient (Wildman–Crippen LogP) is 1.07. The van der Waals surface area contributed by atoms with Crippen LogP contribution in [0.1, 0.15) is 21.7 Å². The Hall–Kier alpha value is -2.24. The highest BCUT2D eigenvalue weighted by molar-refractivity contribution is 6.03. The molecule has 0 aliphatic heterocycles. The number of hydrogen-bond acceptors (Lipinski definition) is 4. The maximum absolute atomic E-state index is 11.7. The fourth-order valence-corrected chi connectivity index (χ4v) is 1.25. The first-order valence-corrected chi connectivity index (χ1v) is 4.77. The lowest BCUT2D eigenvalue weighted by atomic mass is 10.2. The van der Waals surface area contributed by atoms with E-state index in [0.717, 1.165) is 5.56 Å². The van der Waals surface area contributed by atoms with Crippen molar-refractivity contribution < 1.29 is 4.79 Å². The van der Waals surface area contributed by atoms with Crippen LogP contribution in [-0.2, 0) is 0 Å². The summed E-state index contributed by atoms with van der Waals surface area (Å²) in [6.07, 6.45) is 3.19. The van der Waals surface area contributed by atoms with Crippen molar-refractivity contribution in [2.24, 2.45) is 0 Å². The number of nitrogens with zero attached hydrogens (tertiary/aromatic N) is 3. The van der Waals surface area contributed by atoms with Gasteiger partial charge >= 0.3 is 0 Å². The molecule has 2 heterocycles. The molecule has 6 nitrogen and oxygen atoms in total. The molecule has 0 spiro atoms. The molecule has 2 rings (SSSR count). The minimum absolute atomic E-state index is 0.268. The van der Waals surface area contributed by atoms with Crippen molar-refractivity contribution in [2.45, 2.75) is 13.8 Å². The number of carbonyl (C=O) groups is 1. The van der Waals surface area contributed by atoms with Crippen molar-refractivity contribution in [3.63, 3.8) is 0 Å². The zero-order valence-electron chi connectivity index (χ0n) is 8.98. The van der Waals surface area contributed by atoms with Gasteiger partial charge in [0, 0.05) is 12.4 Å². The van der Waals surface area contributed by atoms with Crippen LogP contribution in [0.3, 0.4) is 0 Å². The van der Waals surface area contributed by atoms with Gasteiger partial charge in [-0.2, -0.15) is 4.98 Å². The minimum Gasteiger partial charge on any atom is -0.289 e. The van der Waals surface area contributed by atoms with Gasteiger partial charge in [-0.3, -0.25) is 20.2 Å². The van der Waals surface area contributed by atoms with Crippen LogP contribution >= 0.6 is 0 Å². The topological polar surface area (TPSA) is 83.6 Å². The summed E-state index contributed by atoms with van der Waals surface area (Å²) >= 11 is 0. The molecule has 0 aliphatic rings. The molecule has 0 radical (unpaired) electrons. The van der Waals surface area contributed by atoms with Crippen molar-refractivity contribution in [1.82, 2.24) is 20.2 Å². The Morgan fingerprint density at radius 2 is 2.19 bits per heavy atom. The van der Waals surface area contributed by atoms with Gasteiger partial charge < -0.3 is 0 Å². The van der Waals surface area contributed by atoms with Crippen LogP contribution in [0.25, 0.3) is 0 Å². The molecule has 2 N–H and O–H groups in total. The maximum Gasteiger partial charge on any atom is 0.259 e. The number of H-pyrrole nitrogens is 1. The second kappa shape index (κ2) is 4.09. The highest BCUT2D eigenvalue weighted by Gasteiger charge is 2.08. The van der Waals surface area contributed by atoms with E-state index in [0.29, 0.717) is 11.4 Å². The number of carbonyl (C=O) groups excluding carboxylic acids is 1. The summed E-state index contributed by atoms with van der Waals surface area (Å²) < 4.78 is 0. The predicted molar refractivity (Wildman–Crippen MR) is 58.0 cm³/mol. The number of hydrogen-bond donors (Lipinski definition) is 2. The number of amides is 1. The summed E-state index contributed by atoms with van der Waals surface area (Å²) in [5, 5.41) is 9.03.